The van der Waals surface area contributed by atoms with E-state index in [2.05, 4.69) is 4.98 Å². The van der Waals surface area contributed by atoms with Gasteiger partial charge in [-0.2, -0.15) is 13.2 Å². The molecule has 0 saturated carbocycles. The second kappa shape index (κ2) is 4.26. The first-order valence-electron chi connectivity index (χ1n) is 5.77. The molecular weight excluding hydrogens is 269 g/mol. The van der Waals surface area contributed by atoms with Gasteiger partial charge in [-0.25, -0.2) is 4.98 Å². The number of aromatic nitrogens is 1. The number of benzene rings is 2. The Hall–Kier alpha value is -2.50. The van der Waals surface area contributed by atoms with E-state index in [1.54, 1.807) is 18.2 Å². The molecular formula is C14H9F3N2O. The zero-order valence-corrected chi connectivity index (χ0v) is 10.1. The minimum atomic E-state index is -4.40. The quantitative estimate of drug-likeness (QED) is 0.682. The first kappa shape index (κ1) is 12.5. The second-order valence-corrected chi connectivity index (χ2v) is 4.32. The number of oxazole rings is 1. The minimum absolute atomic E-state index is 0.136. The lowest BCUT2D eigenvalue weighted by Gasteiger charge is -2.06. The van der Waals surface area contributed by atoms with Crippen LogP contribution in [0.2, 0.25) is 0 Å². The summed E-state index contributed by atoms with van der Waals surface area (Å²) in [5, 5.41) is 0. The molecule has 2 aromatic carbocycles. The molecule has 0 unspecified atom stereocenters. The van der Waals surface area contributed by atoms with Crippen LogP contribution >= 0.6 is 0 Å². The van der Waals surface area contributed by atoms with Gasteiger partial charge in [-0.15, -0.1) is 0 Å². The average Bonchev–Trinajstić information content (AvgIpc) is 2.81. The number of hydrogen-bond donors (Lipinski definition) is 1. The van der Waals surface area contributed by atoms with Crippen molar-refractivity contribution in [2.75, 3.05) is 5.73 Å². The van der Waals surface area contributed by atoms with Crippen molar-refractivity contribution in [1.82, 2.24) is 4.98 Å². The molecule has 0 saturated heterocycles. The first-order chi connectivity index (χ1) is 9.43. The normalized spacial score (nSPS) is 11.9. The van der Waals surface area contributed by atoms with Crippen LogP contribution in [0.25, 0.3) is 22.6 Å². The van der Waals surface area contributed by atoms with E-state index in [-0.39, 0.29) is 11.5 Å². The SMILES string of the molecule is Nc1ccc2nc(-c3cccc(C(F)(F)F)c3)oc2c1. The number of nitrogens with zero attached hydrogens (tertiary/aromatic N) is 1. The van der Waals surface area contributed by atoms with Crippen LogP contribution in [0.15, 0.2) is 46.9 Å². The fraction of sp³-hybridized carbons (Fsp3) is 0.0714. The van der Waals surface area contributed by atoms with E-state index < -0.39 is 11.7 Å². The summed E-state index contributed by atoms with van der Waals surface area (Å²) in [7, 11) is 0. The van der Waals surface area contributed by atoms with Gasteiger partial charge in [-0.05, 0) is 30.3 Å². The van der Waals surface area contributed by atoms with Crippen molar-refractivity contribution in [2.45, 2.75) is 6.18 Å². The Kier molecular flexibility index (Phi) is 2.67. The molecule has 0 spiro atoms. The maximum atomic E-state index is 12.7. The van der Waals surface area contributed by atoms with Gasteiger partial charge in [0.15, 0.2) is 5.58 Å². The summed E-state index contributed by atoms with van der Waals surface area (Å²) >= 11 is 0. The molecule has 3 nitrogen and oxygen atoms in total. The van der Waals surface area contributed by atoms with Crippen molar-refractivity contribution in [3.63, 3.8) is 0 Å². The number of nitrogen functional groups attached to an aromatic ring is 1. The van der Waals surface area contributed by atoms with Gasteiger partial charge in [-0.1, -0.05) is 6.07 Å². The smallest absolute Gasteiger partial charge is 0.416 e. The van der Waals surface area contributed by atoms with E-state index in [1.165, 1.54) is 12.1 Å². The molecule has 1 heterocycles. The van der Waals surface area contributed by atoms with Crippen LogP contribution < -0.4 is 5.73 Å². The number of nitrogens with two attached hydrogens (primary N) is 1. The lowest BCUT2D eigenvalue weighted by Crippen LogP contribution is -2.04. The highest BCUT2D eigenvalue weighted by molar-refractivity contribution is 5.79. The fourth-order valence-electron chi connectivity index (χ4n) is 1.89. The second-order valence-electron chi connectivity index (χ2n) is 4.32. The van der Waals surface area contributed by atoms with Crippen LogP contribution in [0.4, 0.5) is 18.9 Å². The molecule has 102 valence electrons. The van der Waals surface area contributed by atoms with E-state index in [0.29, 0.717) is 16.8 Å². The van der Waals surface area contributed by atoms with Gasteiger partial charge in [-0.3, -0.25) is 0 Å². The Morgan fingerprint density at radius 3 is 2.60 bits per heavy atom. The van der Waals surface area contributed by atoms with Crippen LogP contribution in [0, 0.1) is 0 Å². The molecule has 0 aliphatic rings. The van der Waals surface area contributed by atoms with Crippen molar-refractivity contribution in [3.05, 3.63) is 48.0 Å². The zero-order valence-electron chi connectivity index (χ0n) is 10.1. The third-order valence-corrected chi connectivity index (χ3v) is 2.85. The van der Waals surface area contributed by atoms with Crippen molar-refractivity contribution in [2.24, 2.45) is 0 Å². The highest BCUT2D eigenvalue weighted by atomic mass is 19.4. The van der Waals surface area contributed by atoms with Crippen molar-refractivity contribution in [3.8, 4) is 11.5 Å². The van der Waals surface area contributed by atoms with E-state index >= 15 is 0 Å². The van der Waals surface area contributed by atoms with Gasteiger partial charge in [0, 0.05) is 17.3 Å². The van der Waals surface area contributed by atoms with Gasteiger partial charge in [0.05, 0.1) is 5.56 Å². The molecule has 6 heteroatoms. The summed E-state index contributed by atoms with van der Waals surface area (Å²) in [6, 6.07) is 9.74. The molecule has 0 bridgehead atoms. The van der Waals surface area contributed by atoms with E-state index in [4.69, 9.17) is 10.2 Å². The Balaban J connectivity index is 2.11. The van der Waals surface area contributed by atoms with E-state index in [1.807, 2.05) is 0 Å². The molecule has 20 heavy (non-hydrogen) atoms. The van der Waals surface area contributed by atoms with Crippen molar-refractivity contribution < 1.29 is 17.6 Å². The lowest BCUT2D eigenvalue weighted by molar-refractivity contribution is -0.137. The predicted octanol–water partition coefficient (Wildman–Crippen LogP) is 4.10. The number of alkyl halides is 3. The van der Waals surface area contributed by atoms with Gasteiger partial charge in [0.25, 0.3) is 0 Å². The molecule has 2 N–H and O–H groups in total. The molecule has 0 atom stereocenters. The van der Waals surface area contributed by atoms with Gasteiger partial charge in [0.2, 0.25) is 5.89 Å². The molecule has 1 aromatic heterocycles. The lowest BCUT2D eigenvalue weighted by atomic mass is 10.1. The Morgan fingerprint density at radius 1 is 1.05 bits per heavy atom. The topological polar surface area (TPSA) is 52.0 Å². The molecule has 0 aliphatic carbocycles. The Bertz CT molecular complexity index is 777. The van der Waals surface area contributed by atoms with E-state index in [9.17, 15) is 13.2 Å². The third-order valence-electron chi connectivity index (χ3n) is 2.85. The number of hydrogen-bond acceptors (Lipinski definition) is 3. The zero-order chi connectivity index (χ0) is 14.3. The summed E-state index contributed by atoms with van der Waals surface area (Å²) in [6.45, 7) is 0. The number of anilines is 1. The molecule has 3 rings (SSSR count). The van der Waals surface area contributed by atoms with Crippen LogP contribution in [-0.4, -0.2) is 4.98 Å². The monoisotopic (exact) mass is 278 g/mol. The maximum Gasteiger partial charge on any atom is 0.416 e. The van der Waals surface area contributed by atoms with Crippen LogP contribution in [0.3, 0.4) is 0 Å². The van der Waals surface area contributed by atoms with Gasteiger partial charge in [0.1, 0.15) is 5.52 Å². The Labute approximate surface area is 111 Å². The number of halogens is 3. The predicted molar refractivity (Wildman–Crippen MR) is 68.9 cm³/mol. The molecule has 0 radical (unpaired) electrons. The number of fused-ring (bicyclic) bond motifs is 1. The molecule has 0 amide bonds. The van der Waals surface area contributed by atoms with Crippen LogP contribution in [0.5, 0.6) is 0 Å². The number of rotatable bonds is 1. The summed E-state index contributed by atoms with van der Waals surface area (Å²) in [5.41, 5.74) is 6.64. The van der Waals surface area contributed by atoms with Crippen molar-refractivity contribution in [1.29, 1.82) is 0 Å². The fourth-order valence-corrected chi connectivity index (χ4v) is 1.89. The third kappa shape index (κ3) is 2.20. The van der Waals surface area contributed by atoms with Gasteiger partial charge < -0.3 is 10.2 Å². The highest BCUT2D eigenvalue weighted by Crippen LogP contribution is 2.33. The summed E-state index contributed by atoms with van der Waals surface area (Å²) in [4.78, 5) is 4.16. The van der Waals surface area contributed by atoms with Crippen molar-refractivity contribution >= 4 is 16.8 Å². The maximum absolute atomic E-state index is 12.7. The summed E-state index contributed by atoms with van der Waals surface area (Å²) < 4.78 is 43.5. The van der Waals surface area contributed by atoms with E-state index in [0.717, 1.165) is 12.1 Å². The standard InChI is InChI=1S/C14H9F3N2O/c15-14(16,17)9-3-1-2-8(6-9)13-19-11-5-4-10(18)7-12(11)20-13/h1-7H,18H2. The highest BCUT2D eigenvalue weighted by Gasteiger charge is 2.30. The molecule has 0 fully saturated rings. The van der Waals surface area contributed by atoms with Gasteiger partial charge >= 0.3 is 6.18 Å². The summed E-state index contributed by atoms with van der Waals surface area (Å²) in [6.07, 6.45) is -4.40. The molecule has 3 aromatic rings. The minimum Gasteiger partial charge on any atom is -0.436 e. The summed E-state index contributed by atoms with van der Waals surface area (Å²) in [5.74, 6) is 0.136. The largest absolute Gasteiger partial charge is 0.436 e. The average molecular weight is 278 g/mol. The molecule has 0 aliphatic heterocycles. The first-order valence-corrected chi connectivity index (χ1v) is 5.77. The van der Waals surface area contributed by atoms with Crippen LogP contribution in [-0.2, 0) is 6.18 Å². The van der Waals surface area contributed by atoms with Crippen LogP contribution in [0.1, 0.15) is 5.56 Å². The Morgan fingerprint density at radius 2 is 1.85 bits per heavy atom.